The molecule has 3 aromatic rings. The normalized spacial score (nSPS) is 11.2. The van der Waals surface area contributed by atoms with Crippen LogP contribution in [0.15, 0.2) is 50.8 Å². The van der Waals surface area contributed by atoms with Gasteiger partial charge in [0.25, 0.3) is 5.56 Å². The number of carbonyl (C=O) groups excluding carboxylic acids is 1. The number of rotatable bonds is 7. The Kier molecular flexibility index (Phi) is 7.59. The first-order valence-electron chi connectivity index (χ1n) is 9.17. The van der Waals surface area contributed by atoms with Crippen LogP contribution in [-0.2, 0) is 16.0 Å². The topological polar surface area (TPSA) is 82.8 Å². The quantitative estimate of drug-likeness (QED) is 0.237. The fraction of sp³-hybridized carbons (Fsp3) is 0.238. The summed E-state index contributed by atoms with van der Waals surface area (Å²) in [7, 11) is 1.31. The predicted octanol–water partition coefficient (Wildman–Crippen LogP) is 4.15. The van der Waals surface area contributed by atoms with Crippen molar-refractivity contribution in [2.24, 2.45) is 5.10 Å². The van der Waals surface area contributed by atoms with Gasteiger partial charge in [-0.2, -0.15) is 9.78 Å². The molecule has 0 N–H and O–H groups in total. The first kappa shape index (κ1) is 22.4. The number of hydrogen-bond acceptors (Lipinski definition) is 6. The van der Waals surface area contributed by atoms with Gasteiger partial charge in [0.15, 0.2) is 6.61 Å². The molecule has 0 saturated carbocycles. The van der Waals surface area contributed by atoms with Gasteiger partial charge in [0.1, 0.15) is 11.6 Å². The first-order valence-corrected chi connectivity index (χ1v) is 11.0. The zero-order valence-corrected chi connectivity index (χ0v) is 20.1. The molecule has 0 unspecified atom stereocenters. The number of nitrogens with zero attached hydrogens (tertiary/aromatic N) is 3. The van der Waals surface area contributed by atoms with Gasteiger partial charge in [0.2, 0.25) is 0 Å². The van der Waals surface area contributed by atoms with E-state index in [1.54, 1.807) is 24.4 Å². The summed E-state index contributed by atoms with van der Waals surface area (Å²) in [6.45, 7) is 1.87. The number of aromatic nitrogens is 2. The number of ether oxygens (including phenoxy) is 2. The van der Waals surface area contributed by atoms with Gasteiger partial charge in [0.05, 0.1) is 27.8 Å². The Bertz CT molecular complexity index is 1180. The van der Waals surface area contributed by atoms with Gasteiger partial charge in [-0.25, -0.2) is 9.78 Å². The van der Waals surface area contributed by atoms with Crippen molar-refractivity contribution in [2.45, 2.75) is 19.8 Å². The Morgan fingerprint density at radius 1 is 1.30 bits per heavy atom. The van der Waals surface area contributed by atoms with Crippen LogP contribution in [0.4, 0.5) is 0 Å². The molecule has 30 heavy (non-hydrogen) atoms. The highest BCUT2D eigenvalue weighted by Crippen LogP contribution is 2.22. The van der Waals surface area contributed by atoms with Gasteiger partial charge in [-0.3, -0.25) is 4.79 Å². The average molecular weight is 584 g/mol. The number of fused-ring (bicyclic) bond motifs is 1. The fourth-order valence-electron chi connectivity index (χ4n) is 2.73. The number of benzene rings is 2. The van der Waals surface area contributed by atoms with Crippen LogP contribution >= 0.6 is 38.5 Å². The van der Waals surface area contributed by atoms with Crippen LogP contribution < -0.4 is 10.3 Å². The summed E-state index contributed by atoms with van der Waals surface area (Å²) in [5.74, 6) is 0.732. The van der Waals surface area contributed by atoms with Crippen LogP contribution in [-0.4, -0.2) is 35.6 Å². The van der Waals surface area contributed by atoms with Gasteiger partial charge in [-0.05, 0) is 71.0 Å². The third kappa shape index (κ3) is 5.25. The summed E-state index contributed by atoms with van der Waals surface area (Å²) in [5.41, 5.74) is 1.22. The van der Waals surface area contributed by atoms with Crippen LogP contribution in [0.5, 0.6) is 5.75 Å². The summed E-state index contributed by atoms with van der Waals surface area (Å²) < 4.78 is 13.0. The molecule has 1 aromatic heterocycles. The minimum atomic E-state index is -0.449. The third-order valence-corrected chi connectivity index (χ3v) is 5.54. The van der Waals surface area contributed by atoms with E-state index in [2.05, 4.69) is 53.3 Å². The number of hydrogen-bond donors (Lipinski definition) is 0. The molecule has 2 aromatic carbocycles. The minimum Gasteiger partial charge on any atom is -0.481 e. The molecule has 0 amide bonds. The number of esters is 1. The zero-order valence-electron chi connectivity index (χ0n) is 16.4. The van der Waals surface area contributed by atoms with Crippen LogP contribution in [0, 0.1) is 3.57 Å². The average Bonchev–Trinajstić information content (AvgIpc) is 2.73. The lowest BCUT2D eigenvalue weighted by atomic mass is 10.2. The highest BCUT2D eigenvalue weighted by molar-refractivity contribution is 14.1. The van der Waals surface area contributed by atoms with E-state index >= 15 is 0 Å². The van der Waals surface area contributed by atoms with E-state index in [4.69, 9.17) is 4.74 Å². The molecule has 0 aliphatic heterocycles. The van der Waals surface area contributed by atoms with Crippen molar-refractivity contribution in [3.05, 3.63) is 66.2 Å². The van der Waals surface area contributed by atoms with E-state index < -0.39 is 5.97 Å². The molecule has 9 heteroatoms. The lowest BCUT2D eigenvalue weighted by Gasteiger charge is -2.09. The maximum Gasteiger partial charge on any atom is 0.343 e. The molecule has 0 radical (unpaired) electrons. The summed E-state index contributed by atoms with van der Waals surface area (Å²) >= 11 is 5.52. The number of carbonyl (C=O) groups is 1. The summed E-state index contributed by atoms with van der Waals surface area (Å²) in [6.07, 6.45) is 3.09. The van der Waals surface area contributed by atoms with E-state index in [0.717, 1.165) is 20.0 Å². The Balaban J connectivity index is 1.94. The minimum absolute atomic E-state index is 0.159. The van der Waals surface area contributed by atoms with Crippen molar-refractivity contribution < 1.29 is 14.3 Å². The molecule has 0 atom stereocenters. The third-order valence-electron chi connectivity index (χ3n) is 4.20. The SMILES string of the molecule is CCCc1nc2ccc(Br)cc2c(=O)n1N=Cc1ccc(OCC(=O)OC)c(I)c1. The molecule has 156 valence electrons. The summed E-state index contributed by atoms with van der Waals surface area (Å²) in [5, 5.41) is 4.92. The highest BCUT2D eigenvalue weighted by atomic mass is 127. The number of aryl methyl sites for hydroxylation is 1. The van der Waals surface area contributed by atoms with Crippen molar-refractivity contribution in [3.8, 4) is 5.75 Å². The number of halogens is 2. The molecule has 0 spiro atoms. The smallest absolute Gasteiger partial charge is 0.343 e. The van der Waals surface area contributed by atoms with Gasteiger partial charge in [0, 0.05) is 10.9 Å². The predicted molar refractivity (Wildman–Crippen MR) is 127 cm³/mol. The second kappa shape index (κ2) is 10.2. The zero-order chi connectivity index (χ0) is 21.7. The van der Waals surface area contributed by atoms with Crippen molar-refractivity contribution >= 4 is 61.6 Å². The van der Waals surface area contributed by atoms with Crippen LogP contribution in [0.2, 0.25) is 0 Å². The molecule has 0 aliphatic rings. The van der Waals surface area contributed by atoms with Gasteiger partial charge < -0.3 is 9.47 Å². The lowest BCUT2D eigenvalue weighted by molar-refractivity contribution is -0.142. The molecule has 0 bridgehead atoms. The first-order chi connectivity index (χ1) is 14.4. The van der Waals surface area contributed by atoms with E-state index in [1.165, 1.54) is 11.8 Å². The van der Waals surface area contributed by atoms with Crippen LogP contribution in [0.3, 0.4) is 0 Å². The molecule has 1 heterocycles. The molecule has 0 fully saturated rings. The molecule has 7 nitrogen and oxygen atoms in total. The van der Waals surface area contributed by atoms with E-state index in [1.807, 2.05) is 25.1 Å². The van der Waals surface area contributed by atoms with Gasteiger partial charge >= 0.3 is 5.97 Å². The van der Waals surface area contributed by atoms with Gasteiger partial charge in [-0.1, -0.05) is 22.9 Å². The maximum atomic E-state index is 13.0. The van der Waals surface area contributed by atoms with Crippen LogP contribution in [0.1, 0.15) is 24.7 Å². The monoisotopic (exact) mass is 583 g/mol. The largest absolute Gasteiger partial charge is 0.481 e. The number of methoxy groups -OCH3 is 1. The molecular weight excluding hydrogens is 565 g/mol. The fourth-order valence-corrected chi connectivity index (χ4v) is 3.79. The Hall–Kier alpha value is -2.27. The standard InChI is InChI=1S/C21H19BrIN3O4/c1-3-4-19-25-17-7-6-14(22)10-15(17)21(28)26(19)24-11-13-5-8-18(16(23)9-13)30-12-20(27)29-2/h5-11H,3-4,12H2,1-2H3. The van der Waals surface area contributed by atoms with E-state index in [-0.39, 0.29) is 12.2 Å². The van der Waals surface area contributed by atoms with Crippen LogP contribution in [0.25, 0.3) is 10.9 Å². The second-order valence-electron chi connectivity index (χ2n) is 6.36. The van der Waals surface area contributed by atoms with E-state index in [0.29, 0.717) is 28.9 Å². The molecular formula is C21H19BrIN3O4. The molecule has 3 rings (SSSR count). The van der Waals surface area contributed by atoms with Crippen molar-refractivity contribution in [1.82, 2.24) is 9.66 Å². The summed E-state index contributed by atoms with van der Waals surface area (Å²) in [4.78, 5) is 28.9. The maximum absolute atomic E-state index is 13.0. The van der Waals surface area contributed by atoms with Gasteiger partial charge in [-0.15, -0.1) is 0 Å². The Morgan fingerprint density at radius 2 is 2.10 bits per heavy atom. The summed E-state index contributed by atoms with van der Waals surface area (Å²) in [6, 6.07) is 10.8. The Labute approximate surface area is 195 Å². The van der Waals surface area contributed by atoms with Crippen molar-refractivity contribution in [1.29, 1.82) is 0 Å². The highest BCUT2D eigenvalue weighted by Gasteiger charge is 2.11. The molecule has 0 aliphatic carbocycles. The van der Waals surface area contributed by atoms with E-state index in [9.17, 15) is 9.59 Å². The van der Waals surface area contributed by atoms with Crippen molar-refractivity contribution in [2.75, 3.05) is 13.7 Å². The Morgan fingerprint density at radius 3 is 2.80 bits per heavy atom. The second-order valence-corrected chi connectivity index (χ2v) is 8.43. The van der Waals surface area contributed by atoms with Crippen molar-refractivity contribution in [3.63, 3.8) is 0 Å². The lowest BCUT2D eigenvalue weighted by Crippen LogP contribution is -2.22. The molecule has 0 saturated heterocycles.